The summed E-state index contributed by atoms with van der Waals surface area (Å²) < 4.78 is 26.2. The molecule has 1 aromatic carbocycles. The molecule has 0 amide bonds. The van der Waals surface area contributed by atoms with E-state index in [-0.39, 0.29) is 11.4 Å². The molecule has 0 aliphatic heterocycles. The van der Waals surface area contributed by atoms with Crippen LogP contribution in [0, 0.1) is 0 Å². The van der Waals surface area contributed by atoms with Crippen LogP contribution in [0.15, 0.2) is 18.2 Å². The van der Waals surface area contributed by atoms with Gasteiger partial charge in [-0.15, -0.1) is 0 Å². The fraction of sp³-hybridized carbons (Fsp3) is 0.700. The van der Waals surface area contributed by atoms with Gasteiger partial charge in [0.25, 0.3) is 0 Å². The number of hydrogen-bond acceptors (Lipinski definition) is 4. The van der Waals surface area contributed by atoms with Crippen molar-refractivity contribution in [2.24, 2.45) is 0 Å². The molecular weight excluding hydrogens is 364 g/mol. The van der Waals surface area contributed by atoms with Crippen molar-refractivity contribution in [3.63, 3.8) is 0 Å². The highest BCUT2D eigenvalue weighted by Crippen LogP contribution is 2.40. The van der Waals surface area contributed by atoms with Gasteiger partial charge in [0.1, 0.15) is 18.4 Å². The van der Waals surface area contributed by atoms with Crippen LogP contribution in [0.2, 0.25) is 0 Å². The van der Waals surface area contributed by atoms with E-state index in [0.717, 1.165) is 10.7 Å². The molecule has 0 saturated heterocycles. The highest BCUT2D eigenvalue weighted by molar-refractivity contribution is 7.92. The van der Waals surface area contributed by atoms with Crippen LogP contribution < -0.4 is 4.72 Å². The number of phenolic OH excluding ortho intramolecular Hbond substituents is 1. The van der Waals surface area contributed by atoms with E-state index in [1.165, 1.54) is 57.4 Å². The minimum atomic E-state index is -3.50. The first-order chi connectivity index (χ1) is 12.7. The zero-order valence-electron chi connectivity index (χ0n) is 16.4. The number of benzene rings is 1. The molecule has 0 spiro atoms. The minimum Gasteiger partial charge on any atom is -0.505 e. The molecule has 27 heavy (non-hydrogen) atoms. The smallest absolute Gasteiger partial charge is 0.229 e. The number of hydrogen-bond donors (Lipinski definition) is 3. The maximum absolute atomic E-state index is 11.5. The Morgan fingerprint density at radius 2 is 1.63 bits per heavy atom. The second-order valence-electron chi connectivity index (χ2n) is 8.54. The highest BCUT2D eigenvalue weighted by atomic mass is 32.2. The summed E-state index contributed by atoms with van der Waals surface area (Å²) in [4.78, 5) is 0. The lowest BCUT2D eigenvalue weighted by molar-refractivity contribution is -0.958. The normalized spacial score (nSPS) is 20.9. The lowest BCUT2D eigenvalue weighted by Gasteiger charge is -2.46. The Morgan fingerprint density at radius 3 is 2.11 bits per heavy atom. The summed E-state index contributed by atoms with van der Waals surface area (Å²) in [5, 5.41) is 21.6. The number of rotatable bonds is 7. The molecule has 2 aliphatic rings. The topological polar surface area (TPSA) is 86.6 Å². The van der Waals surface area contributed by atoms with E-state index < -0.39 is 16.1 Å². The van der Waals surface area contributed by atoms with E-state index in [9.17, 15) is 18.6 Å². The first kappa shape index (κ1) is 20.4. The van der Waals surface area contributed by atoms with Crippen molar-refractivity contribution in [2.75, 3.05) is 24.6 Å². The molecule has 3 rings (SSSR count). The summed E-state index contributed by atoms with van der Waals surface area (Å²) in [6.45, 7) is 0.547. The summed E-state index contributed by atoms with van der Waals surface area (Å²) in [5.41, 5.74) is 0.508. The van der Waals surface area contributed by atoms with Crippen LogP contribution in [0.25, 0.3) is 0 Å². The number of quaternary nitrogens is 1. The van der Waals surface area contributed by atoms with Crippen LogP contribution in [0.1, 0.15) is 63.0 Å². The van der Waals surface area contributed by atoms with Crippen molar-refractivity contribution < 1.29 is 23.1 Å². The summed E-state index contributed by atoms with van der Waals surface area (Å²) in [7, 11) is -1.23. The molecular formula is C20H33N2O4S+. The van der Waals surface area contributed by atoms with Gasteiger partial charge < -0.3 is 14.7 Å². The Kier molecular flexibility index (Phi) is 6.03. The van der Waals surface area contributed by atoms with Gasteiger partial charge in [0.05, 0.1) is 31.1 Å². The number of nitrogens with zero attached hydrogens (tertiary/aromatic N) is 1. The number of likely N-dealkylation sites (N-methyl/N-ethyl adjacent to an activating group) is 1. The second kappa shape index (κ2) is 7.97. The molecule has 0 radical (unpaired) electrons. The number of aliphatic hydroxyl groups is 1. The molecule has 2 fully saturated rings. The fourth-order valence-electron chi connectivity index (χ4n) is 5.17. The van der Waals surface area contributed by atoms with E-state index in [2.05, 4.69) is 11.8 Å². The summed E-state index contributed by atoms with van der Waals surface area (Å²) in [6, 6.07) is 5.97. The largest absolute Gasteiger partial charge is 0.505 e. The number of phenols is 1. The third-order valence-corrected chi connectivity index (χ3v) is 7.20. The van der Waals surface area contributed by atoms with E-state index in [1.807, 2.05) is 0 Å². The van der Waals surface area contributed by atoms with Crippen molar-refractivity contribution >= 4 is 15.7 Å². The standard InChI is InChI=1S/C20H32N2O4S/c1-22(15-8-3-4-9-15,16-10-5-6-11-16)14-19(23)17-12-7-13-18(20(17)24)21-27(2,25)26/h7,12-13,15-16,19,21,23H,3-6,8-11,14H2,1-2H3/p+1. The predicted molar refractivity (Wildman–Crippen MR) is 107 cm³/mol. The van der Waals surface area contributed by atoms with Crippen LogP contribution in [0.3, 0.4) is 0 Å². The number of aliphatic hydroxyl groups excluding tert-OH is 1. The first-order valence-electron chi connectivity index (χ1n) is 10.0. The van der Waals surface area contributed by atoms with Gasteiger partial charge in [-0.05, 0) is 57.4 Å². The van der Waals surface area contributed by atoms with Crippen molar-refractivity contribution in [1.82, 2.24) is 0 Å². The number of para-hydroxylation sites is 1. The van der Waals surface area contributed by atoms with Gasteiger partial charge in [0.2, 0.25) is 10.0 Å². The van der Waals surface area contributed by atoms with Crippen LogP contribution in [0.4, 0.5) is 5.69 Å². The van der Waals surface area contributed by atoms with Crippen LogP contribution in [-0.2, 0) is 10.0 Å². The van der Waals surface area contributed by atoms with Crippen LogP contribution in [-0.4, -0.2) is 55.0 Å². The molecule has 2 aliphatic carbocycles. The molecule has 7 heteroatoms. The number of nitrogens with one attached hydrogen (secondary N) is 1. The Morgan fingerprint density at radius 1 is 1.11 bits per heavy atom. The zero-order valence-corrected chi connectivity index (χ0v) is 17.2. The Bertz CT molecular complexity index is 737. The molecule has 152 valence electrons. The summed E-state index contributed by atoms with van der Waals surface area (Å²) in [6.07, 6.45) is 9.99. The molecule has 6 nitrogen and oxygen atoms in total. The SMILES string of the molecule is C[N+](CC(O)c1cccc(NS(C)(=O)=O)c1O)(C1CCCC1)C1CCCC1. The average molecular weight is 398 g/mol. The van der Waals surface area contributed by atoms with Gasteiger partial charge in [-0.3, -0.25) is 4.72 Å². The van der Waals surface area contributed by atoms with Gasteiger partial charge in [0.15, 0.2) is 0 Å². The van der Waals surface area contributed by atoms with E-state index in [0.29, 0.717) is 24.2 Å². The van der Waals surface area contributed by atoms with E-state index >= 15 is 0 Å². The van der Waals surface area contributed by atoms with Gasteiger partial charge in [-0.25, -0.2) is 8.42 Å². The van der Waals surface area contributed by atoms with Crippen molar-refractivity contribution in [3.8, 4) is 5.75 Å². The van der Waals surface area contributed by atoms with Crippen molar-refractivity contribution in [3.05, 3.63) is 23.8 Å². The molecule has 1 aromatic rings. The Balaban J connectivity index is 1.85. The predicted octanol–water partition coefficient (Wildman–Crippen LogP) is 3.13. The molecule has 3 N–H and O–H groups in total. The Labute approximate surface area is 162 Å². The average Bonchev–Trinajstić information content (AvgIpc) is 3.29. The third kappa shape index (κ3) is 4.58. The third-order valence-electron chi connectivity index (χ3n) is 6.61. The first-order valence-corrected chi connectivity index (χ1v) is 11.9. The molecule has 1 atom stereocenters. The monoisotopic (exact) mass is 397 g/mol. The number of aromatic hydroxyl groups is 1. The van der Waals surface area contributed by atoms with Gasteiger partial charge in [-0.2, -0.15) is 0 Å². The lowest BCUT2D eigenvalue weighted by Crippen LogP contribution is -2.58. The molecule has 1 unspecified atom stereocenters. The quantitative estimate of drug-likeness (QED) is 0.487. The summed E-state index contributed by atoms with van der Waals surface area (Å²) >= 11 is 0. The lowest BCUT2D eigenvalue weighted by atomic mass is 10.00. The summed E-state index contributed by atoms with van der Waals surface area (Å²) in [5.74, 6) is -0.181. The second-order valence-corrected chi connectivity index (χ2v) is 10.3. The van der Waals surface area contributed by atoms with Crippen LogP contribution >= 0.6 is 0 Å². The molecule has 0 aromatic heterocycles. The van der Waals surface area contributed by atoms with Crippen molar-refractivity contribution in [2.45, 2.75) is 69.6 Å². The Hall–Kier alpha value is -1.31. The molecule has 2 saturated carbocycles. The molecule has 0 bridgehead atoms. The highest BCUT2D eigenvalue weighted by Gasteiger charge is 2.44. The fourth-order valence-corrected chi connectivity index (χ4v) is 5.73. The molecule has 0 heterocycles. The van der Waals surface area contributed by atoms with E-state index in [1.54, 1.807) is 12.1 Å². The maximum atomic E-state index is 11.5. The van der Waals surface area contributed by atoms with Crippen molar-refractivity contribution in [1.29, 1.82) is 0 Å². The van der Waals surface area contributed by atoms with Gasteiger partial charge in [-0.1, -0.05) is 12.1 Å². The maximum Gasteiger partial charge on any atom is 0.229 e. The van der Waals surface area contributed by atoms with E-state index in [4.69, 9.17) is 0 Å². The minimum absolute atomic E-state index is 0.116. The number of anilines is 1. The zero-order chi connectivity index (χ0) is 19.7. The number of sulfonamides is 1. The van der Waals surface area contributed by atoms with Crippen LogP contribution in [0.5, 0.6) is 5.75 Å². The van der Waals surface area contributed by atoms with Gasteiger partial charge in [0, 0.05) is 5.56 Å². The van der Waals surface area contributed by atoms with Gasteiger partial charge >= 0.3 is 0 Å².